The Morgan fingerprint density at radius 3 is 2.77 bits per heavy atom. The third kappa shape index (κ3) is 2.75. The third-order valence-electron chi connectivity index (χ3n) is 1.64. The third-order valence-corrected chi connectivity index (χ3v) is 2.55. The van der Waals surface area contributed by atoms with Crippen molar-refractivity contribution in [1.82, 2.24) is 0 Å². The number of aliphatic hydroxyl groups excluding tert-OH is 1. The number of hydrogen-bond acceptors (Lipinski definition) is 4. The van der Waals surface area contributed by atoms with Crippen molar-refractivity contribution in [3.63, 3.8) is 0 Å². The fourth-order valence-electron chi connectivity index (χ4n) is 0.857. The van der Waals surface area contributed by atoms with E-state index >= 15 is 0 Å². The van der Waals surface area contributed by atoms with Crippen molar-refractivity contribution < 1.29 is 14.7 Å². The molecular weight excluding hydrogens is 188 g/mol. The lowest BCUT2D eigenvalue weighted by Crippen LogP contribution is -2.20. The summed E-state index contributed by atoms with van der Waals surface area (Å²) in [5.74, 6) is -0.553. The minimum absolute atomic E-state index is 0.115. The number of thiophene rings is 1. The summed E-state index contributed by atoms with van der Waals surface area (Å²) in [6.45, 7) is 1.27. The quantitative estimate of drug-likeness (QED) is 0.741. The second kappa shape index (κ2) is 4.30. The van der Waals surface area contributed by atoms with Gasteiger partial charge in [0.1, 0.15) is 6.10 Å². The lowest BCUT2D eigenvalue weighted by Gasteiger charge is -2.03. The van der Waals surface area contributed by atoms with Gasteiger partial charge in [0.15, 0.2) is 11.6 Å². The molecule has 0 amide bonds. The predicted octanol–water partition coefficient (Wildman–Crippen LogP) is 1.27. The molecule has 0 bridgehead atoms. The number of carbonyl (C=O) groups excluding carboxylic acids is 2. The molecule has 4 heteroatoms. The summed E-state index contributed by atoms with van der Waals surface area (Å²) in [5.41, 5.74) is 0. The van der Waals surface area contributed by atoms with Gasteiger partial charge >= 0.3 is 0 Å². The van der Waals surface area contributed by atoms with Crippen LogP contribution < -0.4 is 0 Å². The molecule has 0 fully saturated rings. The highest BCUT2D eigenvalue weighted by atomic mass is 32.1. The van der Waals surface area contributed by atoms with Gasteiger partial charge in [0.2, 0.25) is 0 Å². The molecule has 0 aromatic carbocycles. The summed E-state index contributed by atoms with van der Waals surface area (Å²) < 4.78 is 0. The molecule has 0 saturated carbocycles. The van der Waals surface area contributed by atoms with Crippen LogP contribution >= 0.6 is 11.3 Å². The highest BCUT2D eigenvalue weighted by Gasteiger charge is 2.16. The number of aliphatic hydroxyl groups is 1. The molecule has 1 atom stereocenters. The maximum absolute atomic E-state index is 11.3. The molecule has 70 valence electrons. The molecule has 1 rings (SSSR count). The average molecular weight is 198 g/mol. The molecule has 1 N–H and O–H groups in total. The van der Waals surface area contributed by atoms with Gasteiger partial charge in [-0.15, -0.1) is 11.3 Å². The van der Waals surface area contributed by atoms with Gasteiger partial charge in [-0.05, 0) is 18.4 Å². The molecule has 0 aliphatic heterocycles. The van der Waals surface area contributed by atoms with Crippen LogP contribution in [0.5, 0.6) is 0 Å². The summed E-state index contributed by atoms with van der Waals surface area (Å²) >= 11 is 1.31. The van der Waals surface area contributed by atoms with Crippen LogP contribution in [0.25, 0.3) is 0 Å². The first-order valence-corrected chi connectivity index (χ1v) is 4.74. The van der Waals surface area contributed by atoms with E-state index in [1.165, 1.54) is 18.3 Å². The molecule has 1 heterocycles. The molecule has 13 heavy (non-hydrogen) atoms. The zero-order chi connectivity index (χ0) is 9.84. The number of hydrogen-bond donors (Lipinski definition) is 1. The van der Waals surface area contributed by atoms with Gasteiger partial charge in [-0.3, -0.25) is 9.59 Å². The zero-order valence-corrected chi connectivity index (χ0v) is 8.00. The van der Waals surface area contributed by atoms with Crippen LogP contribution in [0, 0.1) is 0 Å². The minimum Gasteiger partial charge on any atom is -0.385 e. The molecular formula is C9H10O3S. The monoisotopic (exact) mass is 198 g/mol. The van der Waals surface area contributed by atoms with E-state index in [1.807, 2.05) is 0 Å². The van der Waals surface area contributed by atoms with Crippen molar-refractivity contribution in [2.45, 2.75) is 19.4 Å². The van der Waals surface area contributed by atoms with Crippen molar-refractivity contribution in [3.05, 3.63) is 22.4 Å². The van der Waals surface area contributed by atoms with Crippen molar-refractivity contribution in [3.8, 4) is 0 Å². The zero-order valence-electron chi connectivity index (χ0n) is 7.19. The molecule has 1 unspecified atom stereocenters. The maximum Gasteiger partial charge on any atom is 0.175 e. The first kappa shape index (κ1) is 10.1. The van der Waals surface area contributed by atoms with Crippen molar-refractivity contribution in [2.24, 2.45) is 0 Å². The van der Waals surface area contributed by atoms with E-state index in [-0.39, 0.29) is 18.0 Å². The first-order valence-electron chi connectivity index (χ1n) is 3.86. The van der Waals surface area contributed by atoms with E-state index in [0.29, 0.717) is 4.88 Å². The van der Waals surface area contributed by atoms with Crippen LogP contribution in [0.1, 0.15) is 23.0 Å². The Morgan fingerprint density at radius 2 is 2.31 bits per heavy atom. The lowest BCUT2D eigenvalue weighted by molar-refractivity contribution is -0.124. The number of Topliss-reactive ketones (excluding diaryl/α,β-unsaturated/α-hetero) is 2. The summed E-state index contributed by atoms with van der Waals surface area (Å²) in [5, 5.41) is 10.9. The van der Waals surface area contributed by atoms with Crippen molar-refractivity contribution >= 4 is 22.9 Å². The second-order valence-corrected chi connectivity index (χ2v) is 3.68. The highest BCUT2D eigenvalue weighted by molar-refractivity contribution is 7.12. The van der Waals surface area contributed by atoms with Crippen LogP contribution in [0.4, 0.5) is 0 Å². The van der Waals surface area contributed by atoms with Crippen molar-refractivity contribution in [2.75, 3.05) is 0 Å². The van der Waals surface area contributed by atoms with Gasteiger partial charge in [-0.25, -0.2) is 0 Å². The van der Waals surface area contributed by atoms with Crippen LogP contribution in [0.2, 0.25) is 0 Å². The predicted molar refractivity (Wildman–Crippen MR) is 50.0 cm³/mol. The van der Waals surface area contributed by atoms with Gasteiger partial charge in [0.25, 0.3) is 0 Å². The smallest absolute Gasteiger partial charge is 0.175 e. The van der Waals surface area contributed by atoms with Gasteiger partial charge in [0, 0.05) is 6.42 Å². The summed E-state index contributed by atoms with van der Waals surface area (Å²) in [6.07, 6.45) is -1.27. The van der Waals surface area contributed by atoms with Crippen LogP contribution in [-0.4, -0.2) is 22.8 Å². The Kier molecular flexibility index (Phi) is 3.33. The molecule has 0 saturated heterocycles. The van der Waals surface area contributed by atoms with Crippen LogP contribution in [0.15, 0.2) is 17.5 Å². The number of carbonyl (C=O) groups is 2. The SMILES string of the molecule is CC(=O)C(O)CC(=O)c1cccs1. The normalized spacial score (nSPS) is 12.5. The van der Waals surface area contributed by atoms with E-state index in [9.17, 15) is 9.59 Å². The van der Waals surface area contributed by atoms with E-state index < -0.39 is 6.10 Å². The van der Waals surface area contributed by atoms with E-state index in [0.717, 1.165) is 0 Å². The van der Waals surface area contributed by atoms with Gasteiger partial charge < -0.3 is 5.11 Å². The van der Waals surface area contributed by atoms with Crippen LogP contribution in [0.3, 0.4) is 0 Å². The van der Waals surface area contributed by atoms with Gasteiger partial charge in [0.05, 0.1) is 4.88 Å². The minimum atomic E-state index is -1.16. The van der Waals surface area contributed by atoms with E-state index in [2.05, 4.69) is 0 Å². The van der Waals surface area contributed by atoms with Gasteiger partial charge in [-0.1, -0.05) is 6.07 Å². The summed E-state index contributed by atoms with van der Waals surface area (Å²) in [7, 11) is 0. The Labute approximate surface area is 80.0 Å². The Morgan fingerprint density at radius 1 is 1.62 bits per heavy atom. The second-order valence-electron chi connectivity index (χ2n) is 2.73. The van der Waals surface area contributed by atoms with Crippen molar-refractivity contribution in [1.29, 1.82) is 0 Å². The Balaban J connectivity index is 2.56. The van der Waals surface area contributed by atoms with Crippen LogP contribution in [-0.2, 0) is 4.79 Å². The first-order chi connectivity index (χ1) is 6.11. The molecule has 1 aromatic heterocycles. The fraction of sp³-hybridized carbons (Fsp3) is 0.333. The molecule has 1 aromatic rings. The Hall–Kier alpha value is -1.000. The summed E-state index contributed by atoms with van der Waals surface area (Å²) in [4.78, 5) is 22.6. The Bertz CT molecular complexity index is 303. The standard InChI is InChI=1S/C9H10O3S/c1-6(10)7(11)5-8(12)9-3-2-4-13-9/h2-4,7,11H,5H2,1H3. The topological polar surface area (TPSA) is 54.4 Å². The number of ketones is 2. The average Bonchev–Trinajstić information content (AvgIpc) is 2.55. The molecule has 0 spiro atoms. The highest BCUT2D eigenvalue weighted by Crippen LogP contribution is 2.12. The lowest BCUT2D eigenvalue weighted by atomic mass is 10.1. The molecule has 3 nitrogen and oxygen atoms in total. The largest absolute Gasteiger partial charge is 0.385 e. The molecule has 0 aliphatic carbocycles. The number of rotatable bonds is 4. The van der Waals surface area contributed by atoms with E-state index in [4.69, 9.17) is 5.11 Å². The summed E-state index contributed by atoms with van der Waals surface area (Å²) in [6, 6.07) is 3.44. The fourth-order valence-corrected chi connectivity index (χ4v) is 1.53. The maximum atomic E-state index is 11.3. The van der Waals surface area contributed by atoms with E-state index in [1.54, 1.807) is 17.5 Å². The van der Waals surface area contributed by atoms with Gasteiger partial charge in [-0.2, -0.15) is 0 Å². The molecule has 0 radical (unpaired) electrons. The molecule has 0 aliphatic rings.